The number of amides is 1. The van der Waals surface area contributed by atoms with Crippen LogP contribution in [0.2, 0.25) is 0 Å². The van der Waals surface area contributed by atoms with E-state index in [0.717, 1.165) is 33.2 Å². The van der Waals surface area contributed by atoms with Crippen molar-refractivity contribution in [3.8, 4) is 11.3 Å². The Morgan fingerprint density at radius 2 is 1.90 bits per heavy atom. The van der Waals surface area contributed by atoms with E-state index in [-0.39, 0.29) is 11.8 Å². The lowest BCUT2D eigenvalue weighted by atomic mass is 10.0. The molecule has 0 aliphatic carbocycles. The molecule has 0 spiro atoms. The fourth-order valence-corrected chi connectivity index (χ4v) is 3.82. The number of hydrogen-bond donors (Lipinski definition) is 2. The van der Waals surface area contributed by atoms with Crippen molar-refractivity contribution in [1.82, 2.24) is 30.0 Å². The Balaban J connectivity index is 1.43. The summed E-state index contributed by atoms with van der Waals surface area (Å²) in [5, 5.41) is 8.63. The first-order chi connectivity index (χ1) is 15.1. The molecule has 0 aliphatic heterocycles. The van der Waals surface area contributed by atoms with Gasteiger partial charge < -0.3 is 10.3 Å². The smallest absolute Gasteiger partial charge is 0.287 e. The molecule has 3 heterocycles. The fraction of sp³-hybridized carbons (Fsp3) is 0.167. The van der Waals surface area contributed by atoms with Crippen molar-refractivity contribution in [2.24, 2.45) is 7.05 Å². The van der Waals surface area contributed by atoms with Crippen molar-refractivity contribution in [2.45, 2.75) is 12.8 Å². The second kappa shape index (κ2) is 7.68. The molecule has 1 amide bonds. The van der Waals surface area contributed by atoms with Crippen LogP contribution in [0.5, 0.6) is 0 Å². The van der Waals surface area contributed by atoms with Gasteiger partial charge >= 0.3 is 0 Å². The zero-order valence-electron chi connectivity index (χ0n) is 17.3. The lowest BCUT2D eigenvalue weighted by molar-refractivity contribution is 0.0942. The van der Waals surface area contributed by atoms with Gasteiger partial charge in [-0.15, -0.1) is 0 Å². The predicted octanol–water partition coefficient (Wildman–Crippen LogP) is 4.05. The number of carbonyl (C=O) groups is 1. The SMILES string of the molecule is C[C@@H](CNC(=O)c1nc2cc3c(-c4ccncc4)nn(C)c3cc2[nH]1)c1ccccc1. The summed E-state index contributed by atoms with van der Waals surface area (Å²) in [6.45, 7) is 2.63. The minimum atomic E-state index is -0.212. The molecule has 3 aromatic heterocycles. The standard InChI is InChI=1S/C24H22N6O/c1-15(16-6-4-3-5-7-16)14-26-24(31)23-27-19-12-18-21(13-20(19)28-23)30(2)29-22(18)17-8-10-25-11-9-17/h3-13,15H,14H2,1-2H3,(H,26,31)(H,27,28)/t15-/m0/s1. The summed E-state index contributed by atoms with van der Waals surface area (Å²) in [5.74, 6) is 0.311. The van der Waals surface area contributed by atoms with Crippen molar-refractivity contribution in [1.29, 1.82) is 0 Å². The van der Waals surface area contributed by atoms with Gasteiger partial charge in [-0.25, -0.2) is 4.98 Å². The second-order valence-electron chi connectivity index (χ2n) is 7.70. The highest BCUT2D eigenvalue weighted by Gasteiger charge is 2.17. The van der Waals surface area contributed by atoms with Crippen LogP contribution in [0, 0.1) is 0 Å². The summed E-state index contributed by atoms with van der Waals surface area (Å²) < 4.78 is 1.84. The van der Waals surface area contributed by atoms with E-state index in [1.807, 2.05) is 54.2 Å². The Hall–Kier alpha value is -4.00. The highest BCUT2D eigenvalue weighted by molar-refractivity contribution is 6.02. The van der Waals surface area contributed by atoms with E-state index in [2.05, 4.69) is 44.4 Å². The molecule has 0 saturated heterocycles. The van der Waals surface area contributed by atoms with Gasteiger partial charge in [0, 0.05) is 36.9 Å². The first-order valence-corrected chi connectivity index (χ1v) is 10.2. The monoisotopic (exact) mass is 410 g/mol. The summed E-state index contributed by atoms with van der Waals surface area (Å²) in [6, 6.07) is 18.0. The number of imidazole rings is 1. The quantitative estimate of drug-likeness (QED) is 0.458. The molecule has 1 atom stereocenters. The van der Waals surface area contributed by atoms with Gasteiger partial charge in [-0.2, -0.15) is 5.10 Å². The average molecular weight is 410 g/mol. The lowest BCUT2D eigenvalue weighted by Gasteiger charge is -2.12. The Morgan fingerprint density at radius 1 is 1.13 bits per heavy atom. The van der Waals surface area contributed by atoms with Crippen LogP contribution in [-0.2, 0) is 7.05 Å². The number of benzene rings is 2. The maximum absolute atomic E-state index is 12.7. The minimum Gasteiger partial charge on any atom is -0.349 e. The number of aromatic amines is 1. The molecule has 0 radical (unpaired) electrons. The van der Waals surface area contributed by atoms with Gasteiger partial charge in [0.25, 0.3) is 5.91 Å². The van der Waals surface area contributed by atoms with E-state index < -0.39 is 0 Å². The van der Waals surface area contributed by atoms with Crippen LogP contribution in [0.3, 0.4) is 0 Å². The van der Waals surface area contributed by atoms with E-state index in [0.29, 0.717) is 12.4 Å². The van der Waals surface area contributed by atoms with Gasteiger partial charge in [0.1, 0.15) is 5.69 Å². The number of rotatable bonds is 5. The largest absolute Gasteiger partial charge is 0.349 e. The van der Waals surface area contributed by atoms with Crippen LogP contribution in [-0.4, -0.2) is 37.2 Å². The van der Waals surface area contributed by atoms with Crippen molar-refractivity contribution in [3.63, 3.8) is 0 Å². The third kappa shape index (κ3) is 3.54. The Bertz CT molecular complexity index is 1370. The van der Waals surface area contributed by atoms with Crippen LogP contribution in [0.1, 0.15) is 29.0 Å². The van der Waals surface area contributed by atoms with E-state index in [1.165, 1.54) is 5.56 Å². The number of H-pyrrole nitrogens is 1. The number of hydrogen-bond acceptors (Lipinski definition) is 4. The first kappa shape index (κ1) is 19.0. The van der Waals surface area contributed by atoms with Gasteiger partial charge in [0.15, 0.2) is 5.82 Å². The second-order valence-corrected chi connectivity index (χ2v) is 7.70. The first-order valence-electron chi connectivity index (χ1n) is 10.2. The van der Waals surface area contributed by atoms with Crippen LogP contribution in [0.15, 0.2) is 67.0 Å². The number of aryl methyl sites for hydroxylation is 1. The van der Waals surface area contributed by atoms with Crippen LogP contribution in [0.4, 0.5) is 0 Å². The molecule has 0 aliphatic rings. The molecule has 31 heavy (non-hydrogen) atoms. The van der Waals surface area contributed by atoms with Crippen molar-refractivity contribution in [2.75, 3.05) is 6.54 Å². The van der Waals surface area contributed by atoms with Gasteiger partial charge in [0.05, 0.1) is 16.6 Å². The molecule has 7 nitrogen and oxygen atoms in total. The molecule has 2 N–H and O–H groups in total. The molecule has 0 fully saturated rings. The molecule has 0 saturated carbocycles. The number of fused-ring (bicyclic) bond motifs is 2. The molecule has 154 valence electrons. The molecule has 7 heteroatoms. The number of carbonyl (C=O) groups excluding carboxylic acids is 1. The minimum absolute atomic E-state index is 0.212. The highest BCUT2D eigenvalue weighted by atomic mass is 16.2. The predicted molar refractivity (Wildman–Crippen MR) is 121 cm³/mol. The van der Waals surface area contributed by atoms with Crippen LogP contribution in [0.25, 0.3) is 33.2 Å². The van der Waals surface area contributed by atoms with Crippen molar-refractivity contribution < 1.29 is 4.79 Å². The van der Waals surface area contributed by atoms with Crippen LogP contribution >= 0.6 is 0 Å². The van der Waals surface area contributed by atoms with Crippen LogP contribution < -0.4 is 5.32 Å². The Morgan fingerprint density at radius 3 is 2.68 bits per heavy atom. The number of pyridine rings is 1. The van der Waals surface area contributed by atoms with E-state index in [9.17, 15) is 4.79 Å². The molecule has 2 aromatic carbocycles. The summed E-state index contributed by atoms with van der Waals surface area (Å²) >= 11 is 0. The zero-order valence-corrected chi connectivity index (χ0v) is 17.3. The summed E-state index contributed by atoms with van der Waals surface area (Å²) in [5.41, 5.74) is 5.55. The third-order valence-corrected chi connectivity index (χ3v) is 5.56. The fourth-order valence-electron chi connectivity index (χ4n) is 3.82. The molecule has 0 unspecified atom stereocenters. The Kier molecular flexibility index (Phi) is 4.71. The number of nitrogens with zero attached hydrogens (tertiary/aromatic N) is 4. The highest BCUT2D eigenvalue weighted by Crippen LogP contribution is 2.30. The van der Waals surface area contributed by atoms with E-state index >= 15 is 0 Å². The maximum Gasteiger partial charge on any atom is 0.287 e. The molecular formula is C24H22N6O. The van der Waals surface area contributed by atoms with E-state index in [1.54, 1.807) is 12.4 Å². The molecular weight excluding hydrogens is 388 g/mol. The van der Waals surface area contributed by atoms with Crippen molar-refractivity contribution >= 4 is 27.8 Å². The normalized spacial score (nSPS) is 12.3. The Labute approximate surface area is 179 Å². The number of aromatic nitrogens is 5. The van der Waals surface area contributed by atoms with E-state index in [4.69, 9.17) is 0 Å². The average Bonchev–Trinajstić information content (AvgIpc) is 3.37. The van der Waals surface area contributed by atoms with Gasteiger partial charge in [-0.3, -0.25) is 14.5 Å². The number of nitrogens with one attached hydrogen (secondary N) is 2. The lowest BCUT2D eigenvalue weighted by Crippen LogP contribution is -2.28. The molecule has 0 bridgehead atoms. The molecule has 5 aromatic rings. The molecule has 5 rings (SSSR count). The third-order valence-electron chi connectivity index (χ3n) is 5.56. The topological polar surface area (TPSA) is 88.5 Å². The summed E-state index contributed by atoms with van der Waals surface area (Å²) in [6.07, 6.45) is 3.50. The van der Waals surface area contributed by atoms with Gasteiger partial charge in [-0.05, 0) is 35.7 Å². The summed E-state index contributed by atoms with van der Waals surface area (Å²) in [7, 11) is 1.91. The van der Waals surface area contributed by atoms with Gasteiger partial charge in [-0.1, -0.05) is 37.3 Å². The van der Waals surface area contributed by atoms with Crippen molar-refractivity contribution in [3.05, 3.63) is 78.4 Å². The maximum atomic E-state index is 12.7. The zero-order chi connectivity index (χ0) is 21.4. The van der Waals surface area contributed by atoms with Gasteiger partial charge in [0.2, 0.25) is 0 Å². The summed E-state index contributed by atoms with van der Waals surface area (Å²) in [4.78, 5) is 24.5.